The molecule has 0 aliphatic rings. The topological polar surface area (TPSA) is 60.7 Å². The minimum absolute atomic E-state index is 0.850. The highest BCUT2D eigenvalue weighted by Gasteiger charge is 2.15. The van der Waals surface area contributed by atoms with Crippen molar-refractivity contribution in [2.75, 3.05) is 7.11 Å². The Kier molecular flexibility index (Phi) is 2.74. The van der Waals surface area contributed by atoms with Crippen molar-refractivity contribution in [2.45, 2.75) is 0 Å². The van der Waals surface area contributed by atoms with E-state index in [1.54, 1.807) is 7.11 Å². The molecule has 124 valence electrons. The summed E-state index contributed by atoms with van der Waals surface area (Å²) in [5, 5.41) is 7.61. The summed E-state index contributed by atoms with van der Waals surface area (Å²) in [5.74, 6) is 0.850. The third-order valence-electron chi connectivity index (χ3n) is 4.84. The monoisotopic (exact) mass is 331 g/mol. The summed E-state index contributed by atoms with van der Waals surface area (Å²) in [6, 6.07) is 8.29. The maximum Gasteiger partial charge on any atom is 0.139 e. The van der Waals surface area contributed by atoms with E-state index < -0.39 is 0 Å². The van der Waals surface area contributed by atoms with Gasteiger partial charge in [0.05, 0.1) is 18.8 Å². The summed E-state index contributed by atoms with van der Waals surface area (Å²) in [6.45, 7) is 0. The number of aromatic amines is 1. The van der Waals surface area contributed by atoms with Crippen LogP contribution >= 0.6 is 0 Å². The number of methoxy groups -OCH3 is 1. The molecule has 5 rings (SSSR count). The first-order valence-corrected chi connectivity index (χ1v) is 8.08. The molecule has 1 aromatic carbocycles. The van der Waals surface area contributed by atoms with Gasteiger partial charge in [-0.05, 0) is 24.3 Å². The van der Waals surface area contributed by atoms with Gasteiger partial charge >= 0.3 is 0 Å². The summed E-state index contributed by atoms with van der Waals surface area (Å²) in [4.78, 5) is 8.01. The predicted octanol–water partition coefficient (Wildman–Crippen LogP) is 3.62. The van der Waals surface area contributed by atoms with Crippen molar-refractivity contribution in [3.8, 4) is 17.0 Å². The lowest BCUT2D eigenvalue weighted by Crippen LogP contribution is -1.89. The zero-order valence-corrected chi connectivity index (χ0v) is 14.2. The highest BCUT2D eigenvalue weighted by molar-refractivity contribution is 6.06. The predicted molar refractivity (Wildman–Crippen MR) is 98.8 cm³/mol. The number of nitrogens with one attached hydrogen (secondary N) is 1. The van der Waals surface area contributed by atoms with Crippen molar-refractivity contribution in [3.05, 3.63) is 42.9 Å². The van der Waals surface area contributed by atoms with Gasteiger partial charge in [0.15, 0.2) is 0 Å². The minimum atomic E-state index is 0.850. The Morgan fingerprint density at radius 3 is 2.80 bits per heavy atom. The first-order chi connectivity index (χ1) is 12.2. The Hall–Kier alpha value is -3.28. The number of hydrogen-bond donors (Lipinski definition) is 1. The molecular weight excluding hydrogens is 314 g/mol. The number of hydrogen-bond acceptors (Lipinski definition) is 3. The van der Waals surface area contributed by atoms with Gasteiger partial charge in [0.2, 0.25) is 0 Å². The molecule has 6 heteroatoms. The van der Waals surface area contributed by atoms with Crippen LogP contribution in [0.1, 0.15) is 0 Å². The van der Waals surface area contributed by atoms with Crippen LogP contribution in [0, 0.1) is 0 Å². The molecule has 1 N–H and O–H groups in total. The van der Waals surface area contributed by atoms with E-state index in [1.807, 2.05) is 30.2 Å². The summed E-state index contributed by atoms with van der Waals surface area (Å²) in [5.41, 5.74) is 5.28. The van der Waals surface area contributed by atoms with Crippen LogP contribution in [0.25, 0.3) is 44.1 Å². The highest BCUT2D eigenvalue weighted by atomic mass is 16.5. The minimum Gasteiger partial charge on any atom is -0.497 e. The molecule has 0 radical (unpaired) electrons. The van der Waals surface area contributed by atoms with Crippen LogP contribution in [0.4, 0.5) is 0 Å². The van der Waals surface area contributed by atoms with Gasteiger partial charge in [0, 0.05) is 59.4 Å². The van der Waals surface area contributed by atoms with Crippen LogP contribution < -0.4 is 4.74 Å². The highest BCUT2D eigenvalue weighted by Crippen LogP contribution is 2.35. The molecule has 0 fully saturated rings. The van der Waals surface area contributed by atoms with Crippen molar-refractivity contribution in [2.24, 2.45) is 14.1 Å². The normalized spacial score (nSPS) is 11.8. The number of ether oxygens (including phenoxy) is 1. The number of nitrogens with zero attached hydrogens (tertiary/aromatic N) is 4. The number of fused-ring (bicyclic) bond motifs is 4. The van der Waals surface area contributed by atoms with E-state index in [-0.39, 0.29) is 0 Å². The Bertz CT molecular complexity index is 1260. The van der Waals surface area contributed by atoms with Crippen molar-refractivity contribution < 1.29 is 4.74 Å². The molecule has 25 heavy (non-hydrogen) atoms. The third kappa shape index (κ3) is 1.91. The lowest BCUT2D eigenvalue weighted by molar-refractivity contribution is 0.415. The summed E-state index contributed by atoms with van der Waals surface area (Å²) < 4.78 is 9.42. The second-order valence-electron chi connectivity index (χ2n) is 6.31. The SMILES string of the molecule is COc1ccc2c(c1)c(-c1cc3c(ncc4cnn(C)c43)[nH]1)cn2C. The van der Waals surface area contributed by atoms with Crippen LogP contribution in [-0.2, 0) is 14.1 Å². The van der Waals surface area contributed by atoms with Crippen molar-refractivity contribution in [1.29, 1.82) is 0 Å². The van der Waals surface area contributed by atoms with Crippen molar-refractivity contribution >= 4 is 32.8 Å². The molecule has 0 spiro atoms. The molecule has 4 aromatic heterocycles. The van der Waals surface area contributed by atoms with Gasteiger partial charge in [-0.15, -0.1) is 0 Å². The number of benzene rings is 1. The molecule has 5 aromatic rings. The Balaban J connectivity index is 1.82. The number of rotatable bonds is 2. The van der Waals surface area contributed by atoms with Crippen molar-refractivity contribution in [3.63, 3.8) is 0 Å². The molecule has 0 unspecified atom stereocenters. The van der Waals surface area contributed by atoms with Crippen LogP contribution in [0.5, 0.6) is 5.75 Å². The molecule has 0 aliphatic heterocycles. The number of aromatic nitrogens is 5. The Morgan fingerprint density at radius 1 is 1.08 bits per heavy atom. The second-order valence-corrected chi connectivity index (χ2v) is 6.31. The van der Waals surface area contributed by atoms with E-state index in [0.29, 0.717) is 0 Å². The smallest absolute Gasteiger partial charge is 0.139 e. The lowest BCUT2D eigenvalue weighted by atomic mass is 10.1. The van der Waals surface area contributed by atoms with E-state index in [0.717, 1.165) is 49.8 Å². The number of pyridine rings is 1. The number of aryl methyl sites for hydroxylation is 2. The molecule has 6 nitrogen and oxygen atoms in total. The van der Waals surface area contributed by atoms with E-state index in [9.17, 15) is 0 Å². The fourth-order valence-electron chi connectivity index (χ4n) is 3.60. The van der Waals surface area contributed by atoms with Crippen LogP contribution in [0.2, 0.25) is 0 Å². The van der Waals surface area contributed by atoms with E-state index >= 15 is 0 Å². The Labute approximate surface area is 143 Å². The van der Waals surface area contributed by atoms with Gasteiger partial charge in [0.25, 0.3) is 0 Å². The van der Waals surface area contributed by atoms with Crippen LogP contribution in [0.15, 0.2) is 42.9 Å². The lowest BCUT2D eigenvalue weighted by Gasteiger charge is -2.01. The molecule has 0 atom stereocenters. The molecule has 0 saturated heterocycles. The molecule has 0 saturated carbocycles. The average Bonchev–Trinajstić information content (AvgIpc) is 3.30. The standard InChI is InChI=1S/C19H17N5O/c1-23-10-15(13-6-12(25-3)4-5-17(13)23)16-7-14-18-11(9-21-24(18)2)8-20-19(14)22-16/h4-10H,1-3H3,(H,20,22). The van der Waals surface area contributed by atoms with E-state index in [2.05, 4.69) is 51.1 Å². The largest absolute Gasteiger partial charge is 0.497 e. The Morgan fingerprint density at radius 2 is 1.96 bits per heavy atom. The van der Waals surface area contributed by atoms with Crippen LogP contribution in [-0.4, -0.2) is 31.4 Å². The molecule has 0 aliphatic carbocycles. The fourth-order valence-corrected chi connectivity index (χ4v) is 3.60. The van der Waals surface area contributed by atoms with Gasteiger partial charge < -0.3 is 14.3 Å². The quantitative estimate of drug-likeness (QED) is 0.537. The third-order valence-corrected chi connectivity index (χ3v) is 4.84. The first kappa shape index (κ1) is 14.1. The molecule has 0 bridgehead atoms. The summed E-state index contributed by atoms with van der Waals surface area (Å²) >= 11 is 0. The summed E-state index contributed by atoms with van der Waals surface area (Å²) in [7, 11) is 5.70. The van der Waals surface area contributed by atoms with E-state index in [4.69, 9.17) is 4.74 Å². The second kappa shape index (κ2) is 4.86. The summed E-state index contributed by atoms with van der Waals surface area (Å²) in [6.07, 6.45) is 5.84. The van der Waals surface area contributed by atoms with Gasteiger partial charge in [0.1, 0.15) is 11.4 Å². The maximum absolute atomic E-state index is 5.40. The zero-order valence-electron chi connectivity index (χ0n) is 14.2. The zero-order chi connectivity index (χ0) is 17.1. The number of H-pyrrole nitrogens is 1. The van der Waals surface area contributed by atoms with E-state index in [1.165, 1.54) is 0 Å². The molecular formula is C19H17N5O. The van der Waals surface area contributed by atoms with Crippen LogP contribution in [0.3, 0.4) is 0 Å². The van der Waals surface area contributed by atoms with Gasteiger partial charge in [-0.1, -0.05) is 0 Å². The molecule has 4 heterocycles. The van der Waals surface area contributed by atoms with Gasteiger partial charge in [-0.25, -0.2) is 4.98 Å². The average molecular weight is 331 g/mol. The fraction of sp³-hybridized carbons (Fsp3) is 0.158. The maximum atomic E-state index is 5.40. The van der Waals surface area contributed by atoms with Crippen molar-refractivity contribution in [1.82, 2.24) is 24.3 Å². The first-order valence-electron chi connectivity index (χ1n) is 8.08. The van der Waals surface area contributed by atoms with Gasteiger partial charge in [-0.2, -0.15) is 5.10 Å². The van der Waals surface area contributed by atoms with Gasteiger partial charge in [-0.3, -0.25) is 4.68 Å². The molecule has 0 amide bonds.